The number of ether oxygens (including phenoxy) is 5. The third-order valence-electron chi connectivity index (χ3n) is 6.01. The van der Waals surface area contributed by atoms with Gasteiger partial charge in [-0.25, -0.2) is 9.59 Å². The second kappa shape index (κ2) is 12.0. The zero-order chi connectivity index (χ0) is 28.0. The maximum absolute atomic E-state index is 13.5. The average molecular weight is 528 g/mol. The fourth-order valence-electron chi connectivity index (χ4n) is 4.37. The van der Waals surface area contributed by atoms with Crippen LogP contribution < -0.4 is 9.47 Å². The maximum atomic E-state index is 13.5. The monoisotopic (exact) mass is 527 g/mol. The maximum Gasteiger partial charge on any atom is 0.337 e. The third kappa shape index (κ3) is 6.62. The highest BCUT2D eigenvalue weighted by Gasteiger charge is 2.51. The Balaban J connectivity index is 2.01. The molecule has 2 aromatic carbocycles. The zero-order valence-electron chi connectivity index (χ0n) is 22.4. The summed E-state index contributed by atoms with van der Waals surface area (Å²) in [6, 6.07) is 11.9. The van der Waals surface area contributed by atoms with Crippen molar-refractivity contribution in [2.75, 3.05) is 27.9 Å². The van der Waals surface area contributed by atoms with Gasteiger partial charge in [0.15, 0.2) is 11.5 Å². The molecule has 1 aliphatic heterocycles. The summed E-state index contributed by atoms with van der Waals surface area (Å²) < 4.78 is 27.0. The Morgan fingerprint density at radius 1 is 0.895 bits per heavy atom. The molecule has 0 aliphatic carbocycles. The fraction of sp³-hybridized carbons (Fsp3) is 0.429. The first kappa shape index (κ1) is 28.5. The van der Waals surface area contributed by atoms with Crippen molar-refractivity contribution in [3.05, 3.63) is 59.7 Å². The Kier molecular flexibility index (Phi) is 8.98. The number of likely N-dealkylation sites (tertiary alicyclic amines) is 1. The number of hydrogen-bond acceptors (Lipinski definition) is 9. The molecule has 0 spiro atoms. The Labute approximate surface area is 221 Å². The molecule has 0 bridgehead atoms. The quantitative estimate of drug-likeness (QED) is 0.376. The number of methoxy groups -OCH3 is 3. The minimum absolute atomic E-state index is 0.0110. The molecule has 3 rings (SSSR count). The first-order chi connectivity index (χ1) is 18.0. The summed E-state index contributed by atoms with van der Waals surface area (Å²) in [5.41, 5.74) is -0.126. The van der Waals surface area contributed by atoms with Gasteiger partial charge in [-0.2, -0.15) is 0 Å². The van der Waals surface area contributed by atoms with Crippen molar-refractivity contribution in [1.29, 1.82) is 0 Å². The summed E-state index contributed by atoms with van der Waals surface area (Å²) >= 11 is 0. The van der Waals surface area contributed by atoms with Gasteiger partial charge < -0.3 is 28.6 Å². The van der Waals surface area contributed by atoms with Gasteiger partial charge in [0.1, 0.15) is 17.7 Å². The molecule has 3 atom stereocenters. The van der Waals surface area contributed by atoms with Crippen LogP contribution >= 0.6 is 0 Å². The van der Waals surface area contributed by atoms with Crippen molar-refractivity contribution in [3.63, 3.8) is 0 Å². The van der Waals surface area contributed by atoms with Crippen LogP contribution in [0.25, 0.3) is 0 Å². The van der Waals surface area contributed by atoms with E-state index in [4.69, 9.17) is 23.7 Å². The van der Waals surface area contributed by atoms with Gasteiger partial charge >= 0.3 is 17.9 Å². The van der Waals surface area contributed by atoms with Crippen molar-refractivity contribution >= 4 is 23.8 Å². The summed E-state index contributed by atoms with van der Waals surface area (Å²) in [4.78, 5) is 52.7. The first-order valence-corrected chi connectivity index (χ1v) is 12.1. The minimum atomic E-state index is -1.11. The van der Waals surface area contributed by atoms with Crippen LogP contribution in [0.5, 0.6) is 11.5 Å². The van der Waals surface area contributed by atoms with E-state index in [1.54, 1.807) is 51.1 Å². The van der Waals surface area contributed by atoms with Crippen molar-refractivity contribution in [3.8, 4) is 11.5 Å². The molecular formula is C28H33NO9. The minimum Gasteiger partial charge on any atom is -0.493 e. The van der Waals surface area contributed by atoms with E-state index in [1.807, 2.05) is 0 Å². The molecular weight excluding hydrogens is 494 g/mol. The third-order valence-corrected chi connectivity index (χ3v) is 6.01. The van der Waals surface area contributed by atoms with Gasteiger partial charge in [-0.1, -0.05) is 18.2 Å². The number of carbonyl (C=O) groups is 4. The number of rotatable bonds is 8. The van der Waals surface area contributed by atoms with Gasteiger partial charge in [0.25, 0.3) is 5.91 Å². The van der Waals surface area contributed by atoms with Crippen LogP contribution in [0.4, 0.5) is 0 Å². The van der Waals surface area contributed by atoms with Crippen molar-refractivity contribution in [2.24, 2.45) is 5.92 Å². The molecule has 0 saturated carbocycles. The smallest absolute Gasteiger partial charge is 0.337 e. The number of nitrogens with zero attached hydrogens (tertiary/aromatic N) is 1. The highest BCUT2D eigenvalue weighted by Crippen LogP contribution is 2.37. The molecule has 1 heterocycles. The second-order valence-corrected chi connectivity index (χ2v) is 9.76. The van der Waals surface area contributed by atoms with E-state index >= 15 is 0 Å². The molecule has 38 heavy (non-hydrogen) atoms. The van der Waals surface area contributed by atoms with Gasteiger partial charge in [0, 0.05) is 11.5 Å². The lowest BCUT2D eigenvalue weighted by Gasteiger charge is -2.27. The van der Waals surface area contributed by atoms with Crippen molar-refractivity contribution < 1.29 is 42.9 Å². The highest BCUT2D eigenvalue weighted by atomic mass is 16.6. The molecule has 2 aromatic rings. The summed E-state index contributed by atoms with van der Waals surface area (Å²) in [6.07, 6.45) is -1.01. The molecule has 204 valence electrons. The Morgan fingerprint density at radius 3 is 2.16 bits per heavy atom. The molecule has 1 fully saturated rings. The predicted octanol–water partition coefficient (Wildman–Crippen LogP) is 3.27. The predicted molar refractivity (Wildman–Crippen MR) is 136 cm³/mol. The van der Waals surface area contributed by atoms with E-state index in [9.17, 15) is 19.2 Å². The summed E-state index contributed by atoms with van der Waals surface area (Å²) in [6.45, 7) is 5.21. The molecule has 0 unspecified atom stereocenters. The summed E-state index contributed by atoms with van der Waals surface area (Å²) in [5, 5.41) is 0. The van der Waals surface area contributed by atoms with Crippen LogP contribution in [0, 0.1) is 5.92 Å². The van der Waals surface area contributed by atoms with Crippen LogP contribution in [0.1, 0.15) is 47.9 Å². The second-order valence-electron chi connectivity index (χ2n) is 9.76. The molecule has 10 nitrogen and oxygen atoms in total. The topological polar surface area (TPSA) is 118 Å². The van der Waals surface area contributed by atoms with E-state index in [1.165, 1.54) is 44.4 Å². The van der Waals surface area contributed by atoms with Crippen LogP contribution in [-0.4, -0.2) is 74.3 Å². The average Bonchev–Trinajstić information content (AvgIpc) is 3.24. The molecule has 1 saturated heterocycles. The Bertz CT molecular complexity index is 1170. The summed E-state index contributed by atoms with van der Waals surface area (Å²) in [5.74, 6) is -2.48. The largest absolute Gasteiger partial charge is 0.493 e. The normalized spacial score (nSPS) is 18.9. The molecule has 0 N–H and O–H groups in total. The number of amides is 1. The summed E-state index contributed by atoms with van der Waals surface area (Å²) in [7, 11) is 3.91. The molecule has 10 heteroatoms. The van der Waals surface area contributed by atoms with Crippen LogP contribution in [-0.2, 0) is 23.8 Å². The Hall–Kier alpha value is -4.08. The van der Waals surface area contributed by atoms with Crippen molar-refractivity contribution in [1.82, 2.24) is 4.90 Å². The molecule has 0 aromatic heterocycles. The van der Waals surface area contributed by atoms with E-state index in [2.05, 4.69) is 0 Å². The standard InChI is InChI=1S/C28H33NO9/c1-28(2,3)38-23(30)15-19-22(37-20-13-12-18(26(32)35-5)14-21(20)34-4)16-29(24(19)27(33)36-6)25(31)17-10-8-7-9-11-17/h7-14,19,22,24H,15-16H2,1-6H3/t19-,22+,24-/m0/s1. The van der Waals surface area contributed by atoms with Crippen LogP contribution in [0.2, 0.25) is 0 Å². The Morgan fingerprint density at radius 2 is 1.58 bits per heavy atom. The first-order valence-electron chi connectivity index (χ1n) is 12.1. The number of benzene rings is 2. The van der Waals surface area contributed by atoms with Crippen molar-refractivity contribution in [2.45, 2.75) is 44.9 Å². The molecule has 1 amide bonds. The van der Waals surface area contributed by atoms with Gasteiger partial charge in [0.05, 0.1) is 39.9 Å². The SMILES string of the molecule is COC(=O)c1ccc(O[C@@H]2CN(C(=O)c3ccccc3)[C@H](C(=O)OC)[C@H]2CC(=O)OC(C)(C)C)c(OC)c1. The van der Waals surface area contributed by atoms with Gasteiger partial charge in [0.2, 0.25) is 0 Å². The zero-order valence-corrected chi connectivity index (χ0v) is 22.4. The highest BCUT2D eigenvalue weighted by molar-refractivity contribution is 5.97. The lowest BCUT2D eigenvalue weighted by Crippen LogP contribution is -2.44. The lowest BCUT2D eigenvalue weighted by molar-refractivity contribution is -0.157. The van der Waals surface area contributed by atoms with E-state index in [0.29, 0.717) is 5.56 Å². The van der Waals surface area contributed by atoms with E-state index < -0.39 is 47.5 Å². The molecule has 0 radical (unpaired) electrons. The van der Waals surface area contributed by atoms with Gasteiger partial charge in [-0.3, -0.25) is 9.59 Å². The number of esters is 3. The van der Waals surface area contributed by atoms with E-state index in [-0.39, 0.29) is 30.0 Å². The van der Waals surface area contributed by atoms with Crippen LogP contribution in [0.3, 0.4) is 0 Å². The van der Waals surface area contributed by atoms with Gasteiger partial charge in [-0.15, -0.1) is 0 Å². The number of carbonyl (C=O) groups excluding carboxylic acids is 4. The lowest BCUT2D eigenvalue weighted by atomic mass is 9.93. The van der Waals surface area contributed by atoms with Crippen LogP contribution in [0.15, 0.2) is 48.5 Å². The van der Waals surface area contributed by atoms with E-state index in [0.717, 1.165) is 0 Å². The van der Waals surface area contributed by atoms with Gasteiger partial charge in [-0.05, 0) is 51.1 Å². The molecule has 1 aliphatic rings. The fourth-order valence-corrected chi connectivity index (χ4v) is 4.37. The number of hydrogen-bond donors (Lipinski definition) is 0.